The number of nitrogens with two attached hydrogens (primary N) is 1. The summed E-state index contributed by atoms with van der Waals surface area (Å²) < 4.78 is 0. The van der Waals surface area contributed by atoms with E-state index < -0.39 is 0 Å². The summed E-state index contributed by atoms with van der Waals surface area (Å²) in [6, 6.07) is 6.74. The lowest BCUT2D eigenvalue weighted by Crippen LogP contribution is -2.27. The number of rotatable bonds is 8. The minimum Gasteiger partial charge on any atom is -0.372 e. The summed E-state index contributed by atoms with van der Waals surface area (Å²) in [6.45, 7) is 8.46. The fraction of sp³-hybridized carbons (Fsp3) is 0.625. The minimum atomic E-state index is 0.721. The van der Waals surface area contributed by atoms with Crippen LogP contribution in [-0.4, -0.2) is 45.2 Å². The molecule has 1 aromatic rings. The zero-order valence-corrected chi connectivity index (χ0v) is 12.9. The molecular weight excluding hydrogens is 234 g/mol. The highest BCUT2D eigenvalue weighted by molar-refractivity contribution is 5.54. The van der Waals surface area contributed by atoms with E-state index in [1.807, 2.05) is 0 Å². The molecule has 2 N–H and O–H groups in total. The molecule has 0 aromatic heterocycles. The number of hydrogen-bond donors (Lipinski definition) is 1. The zero-order chi connectivity index (χ0) is 14.3. The normalized spacial score (nSPS) is 11.1. The van der Waals surface area contributed by atoms with Crippen LogP contribution in [0.25, 0.3) is 0 Å². The molecule has 0 radical (unpaired) electrons. The van der Waals surface area contributed by atoms with Crippen molar-refractivity contribution in [3.05, 3.63) is 29.3 Å². The summed E-state index contributed by atoms with van der Waals surface area (Å²) in [7, 11) is 4.26. The Bertz CT molecular complexity index is 374. The van der Waals surface area contributed by atoms with Gasteiger partial charge in [-0.25, -0.2) is 0 Å². The highest BCUT2D eigenvalue weighted by Gasteiger charge is 2.08. The first-order chi connectivity index (χ1) is 9.08. The molecule has 0 amide bonds. The van der Waals surface area contributed by atoms with Crippen LogP contribution in [0.2, 0.25) is 0 Å². The molecule has 0 unspecified atom stereocenters. The van der Waals surface area contributed by atoms with Gasteiger partial charge in [-0.3, -0.25) is 0 Å². The molecule has 1 aromatic carbocycles. The number of hydrogen-bond acceptors (Lipinski definition) is 3. The highest BCUT2D eigenvalue weighted by atomic mass is 15.1. The third-order valence-corrected chi connectivity index (χ3v) is 3.45. The monoisotopic (exact) mass is 263 g/mol. The first-order valence-corrected chi connectivity index (χ1v) is 7.27. The van der Waals surface area contributed by atoms with Gasteiger partial charge >= 0.3 is 0 Å². The quantitative estimate of drug-likeness (QED) is 0.781. The van der Waals surface area contributed by atoms with E-state index in [0.717, 1.165) is 32.6 Å². The van der Waals surface area contributed by atoms with Crippen LogP contribution in [0.3, 0.4) is 0 Å². The molecule has 0 fully saturated rings. The SMILES string of the molecule is CCN(CCCN(C)C)c1ccc(CCN)cc1C. The van der Waals surface area contributed by atoms with E-state index in [9.17, 15) is 0 Å². The lowest BCUT2D eigenvalue weighted by Gasteiger charge is -2.26. The number of nitrogens with zero attached hydrogens (tertiary/aromatic N) is 2. The Morgan fingerprint density at radius 2 is 1.89 bits per heavy atom. The van der Waals surface area contributed by atoms with Crippen LogP contribution in [0.1, 0.15) is 24.5 Å². The van der Waals surface area contributed by atoms with Gasteiger partial charge in [-0.1, -0.05) is 12.1 Å². The summed E-state index contributed by atoms with van der Waals surface area (Å²) in [5.41, 5.74) is 9.68. The predicted molar refractivity (Wildman–Crippen MR) is 85.0 cm³/mol. The molecule has 3 nitrogen and oxygen atoms in total. The molecule has 0 saturated heterocycles. The Kier molecular flexibility index (Phi) is 6.89. The molecule has 108 valence electrons. The smallest absolute Gasteiger partial charge is 0.0396 e. The maximum atomic E-state index is 5.61. The van der Waals surface area contributed by atoms with Gasteiger partial charge in [0.1, 0.15) is 0 Å². The first-order valence-electron chi connectivity index (χ1n) is 7.27. The van der Waals surface area contributed by atoms with Gasteiger partial charge in [0.05, 0.1) is 0 Å². The van der Waals surface area contributed by atoms with Crippen molar-refractivity contribution in [2.75, 3.05) is 45.2 Å². The Labute approximate surface area is 118 Å². The van der Waals surface area contributed by atoms with Crippen LogP contribution in [0.5, 0.6) is 0 Å². The summed E-state index contributed by atoms with van der Waals surface area (Å²) in [6.07, 6.45) is 2.17. The van der Waals surface area contributed by atoms with Crippen molar-refractivity contribution in [1.82, 2.24) is 4.90 Å². The van der Waals surface area contributed by atoms with Crippen LogP contribution in [0.4, 0.5) is 5.69 Å². The molecule has 0 spiro atoms. The molecule has 0 saturated carbocycles. The van der Waals surface area contributed by atoms with Gasteiger partial charge < -0.3 is 15.5 Å². The second-order valence-corrected chi connectivity index (χ2v) is 5.40. The largest absolute Gasteiger partial charge is 0.372 e. The van der Waals surface area contributed by atoms with Crippen LogP contribution in [0, 0.1) is 6.92 Å². The molecule has 0 heterocycles. The average Bonchev–Trinajstić information content (AvgIpc) is 2.36. The third kappa shape index (κ3) is 5.21. The summed E-state index contributed by atoms with van der Waals surface area (Å²) in [4.78, 5) is 4.70. The standard InChI is InChI=1S/C16H29N3/c1-5-19(12-6-11-18(3)4)16-8-7-15(9-10-17)13-14(16)2/h7-8,13H,5-6,9-12,17H2,1-4H3. The zero-order valence-electron chi connectivity index (χ0n) is 12.9. The van der Waals surface area contributed by atoms with Crippen molar-refractivity contribution in [3.8, 4) is 0 Å². The van der Waals surface area contributed by atoms with Crippen molar-refractivity contribution in [1.29, 1.82) is 0 Å². The van der Waals surface area contributed by atoms with Gasteiger partial charge in [0.2, 0.25) is 0 Å². The van der Waals surface area contributed by atoms with Gasteiger partial charge in [-0.05, 0) is 71.1 Å². The van der Waals surface area contributed by atoms with Gasteiger partial charge in [-0.15, -0.1) is 0 Å². The van der Waals surface area contributed by atoms with Gasteiger partial charge in [-0.2, -0.15) is 0 Å². The Balaban J connectivity index is 2.69. The summed E-state index contributed by atoms with van der Waals surface area (Å²) in [5.74, 6) is 0. The van der Waals surface area contributed by atoms with Crippen molar-refractivity contribution in [2.24, 2.45) is 5.73 Å². The maximum Gasteiger partial charge on any atom is 0.0396 e. The second-order valence-electron chi connectivity index (χ2n) is 5.40. The predicted octanol–water partition coefficient (Wildman–Crippen LogP) is 2.27. The number of aryl methyl sites for hydroxylation is 1. The van der Waals surface area contributed by atoms with E-state index in [4.69, 9.17) is 5.73 Å². The highest BCUT2D eigenvalue weighted by Crippen LogP contribution is 2.21. The minimum absolute atomic E-state index is 0.721. The fourth-order valence-electron chi connectivity index (χ4n) is 2.42. The molecule has 0 bridgehead atoms. The van der Waals surface area contributed by atoms with Crippen LogP contribution < -0.4 is 10.6 Å². The summed E-state index contributed by atoms with van der Waals surface area (Å²) >= 11 is 0. The second kappa shape index (κ2) is 8.18. The van der Waals surface area contributed by atoms with Crippen LogP contribution in [-0.2, 0) is 6.42 Å². The van der Waals surface area contributed by atoms with Crippen LogP contribution >= 0.6 is 0 Å². The maximum absolute atomic E-state index is 5.61. The number of anilines is 1. The first kappa shape index (κ1) is 16.0. The van der Waals surface area contributed by atoms with E-state index >= 15 is 0 Å². The molecule has 1 rings (SSSR count). The molecule has 19 heavy (non-hydrogen) atoms. The van der Waals surface area contributed by atoms with E-state index in [0.29, 0.717) is 0 Å². The van der Waals surface area contributed by atoms with E-state index in [2.05, 4.69) is 55.9 Å². The van der Waals surface area contributed by atoms with Crippen molar-refractivity contribution in [2.45, 2.75) is 26.7 Å². The Hall–Kier alpha value is -1.06. The van der Waals surface area contributed by atoms with Crippen molar-refractivity contribution in [3.63, 3.8) is 0 Å². The molecule has 0 aliphatic carbocycles. The van der Waals surface area contributed by atoms with Gasteiger partial charge in [0.25, 0.3) is 0 Å². The Morgan fingerprint density at radius 1 is 1.16 bits per heavy atom. The number of benzene rings is 1. The topological polar surface area (TPSA) is 32.5 Å². The van der Waals surface area contributed by atoms with E-state index in [-0.39, 0.29) is 0 Å². The molecule has 0 aliphatic heterocycles. The van der Waals surface area contributed by atoms with Crippen molar-refractivity contribution < 1.29 is 0 Å². The van der Waals surface area contributed by atoms with Gasteiger partial charge in [0, 0.05) is 18.8 Å². The molecule has 0 atom stereocenters. The van der Waals surface area contributed by atoms with E-state index in [1.54, 1.807) is 0 Å². The molecular formula is C16H29N3. The average molecular weight is 263 g/mol. The van der Waals surface area contributed by atoms with Gasteiger partial charge in [0.15, 0.2) is 0 Å². The summed E-state index contributed by atoms with van der Waals surface area (Å²) in [5, 5.41) is 0. The lowest BCUT2D eigenvalue weighted by molar-refractivity contribution is 0.400. The Morgan fingerprint density at radius 3 is 2.42 bits per heavy atom. The molecule has 0 aliphatic rings. The molecule has 3 heteroatoms. The third-order valence-electron chi connectivity index (χ3n) is 3.45. The van der Waals surface area contributed by atoms with E-state index in [1.165, 1.54) is 23.2 Å². The van der Waals surface area contributed by atoms with Crippen LogP contribution in [0.15, 0.2) is 18.2 Å². The fourth-order valence-corrected chi connectivity index (χ4v) is 2.42. The lowest BCUT2D eigenvalue weighted by atomic mass is 10.1. The van der Waals surface area contributed by atoms with Crippen molar-refractivity contribution >= 4 is 5.69 Å².